The molecule has 2 amide bonds. The van der Waals surface area contributed by atoms with E-state index in [1.54, 1.807) is 18.4 Å². The maximum absolute atomic E-state index is 12.4. The van der Waals surface area contributed by atoms with Crippen LogP contribution in [0.3, 0.4) is 0 Å². The number of hydrogen-bond acceptors (Lipinski definition) is 5. The number of amides is 2. The lowest BCUT2D eigenvalue weighted by molar-refractivity contribution is -0.113. The molecular weight excluding hydrogens is 326 g/mol. The molecule has 1 aromatic carbocycles. The van der Waals surface area contributed by atoms with Crippen molar-refractivity contribution in [3.8, 4) is 0 Å². The first-order valence-corrected chi connectivity index (χ1v) is 8.58. The van der Waals surface area contributed by atoms with E-state index in [0.29, 0.717) is 23.5 Å². The van der Waals surface area contributed by atoms with E-state index in [1.165, 1.54) is 11.8 Å². The van der Waals surface area contributed by atoms with Gasteiger partial charge < -0.3 is 15.1 Å². The number of hydrogen-bond donors (Lipinski definition) is 2. The summed E-state index contributed by atoms with van der Waals surface area (Å²) in [6.45, 7) is 0.428. The van der Waals surface area contributed by atoms with Crippen LogP contribution in [0.25, 0.3) is 0 Å². The average Bonchev–Trinajstić information content (AvgIpc) is 3.08. The summed E-state index contributed by atoms with van der Waals surface area (Å²) in [5.74, 6) is 0.984. The van der Waals surface area contributed by atoms with Gasteiger partial charge in [0.05, 0.1) is 23.7 Å². The third-order valence-electron chi connectivity index (χ3n) is 3.83. The van der Waals surface area contributed by atoms with Gasteiger partial charge in [0.25, 0.3) is 5.91 Å². The van der Waals surface area contributed by atoms with E-state index in [9.17, 15) is 9.59 Å². The van der Waals surface area contributed by atoms with Crippen molar-refractivity contribution in [1.82, 2.24) is 10.2 Å². The molecule has 0 fully saturated rings. The molecule has 2 heterocycles. The molecule has 3 rings (SSSR count). The Labute approximate surface area is 144 Å². The summed E-state index contributed by atoms with van der Waals surface area (Å²) in [5, 5.41) is 5.72. The van der Waals surface area contributed by atoms with Crippen LogP contribution in [-0.2, 0) is 4.79 Å². The van der Waals surface area contributed by atoms with Crippen LogP contribution in [0.2, 0.25) is 0 Å². The highest BCUT2D eigenvalue weighted by Crippen LogP contribution is 2.32. The van der Waals surface area contributed by atoms with Gasteiger partial charge in [-0.2, -0.15) is 0 Å². The fourth-order valence-electron chi connectivity index (χ4n) is 2.53. The molecule has 0 aliphatic carbocycles. The second-order valence-corrected chi connectivity index (χ2v) is 6.77. The lowest BCUT2D eigenvalue weighted by atomic mass is 10.1. The Hall–Kier alpha value is -2.25. The largest absolute Gasteiger partial charge is 0.468 e. The minimum atomic E-state index is -0.180. The summed E-state index contributed by atoms with van der Waals surface area (Å²) in [7, 11) is 3.87. The van der Waals surface area contributed by atoms with Crippen LogP contribution in [0.15, 0.2) is 45.9 Å². The van der Waals surface area contributed by atoms with Crippen LogP contribution in [0.1, 0.15) is 22.2 Å². The van der Waals surface area contributed by atoms with E-state index in [2.05, 4.69) is 10.6 Å². The average molecular weight is 345 g/mol. The molecule has 0 saturated heterocycles. The Bertz CT molecular complexity index is 744. The fourth-order valence-corrected chi connectivity index (χ4v) is 3.32. The molecule has 2 N–H and O–H groups in total. The molecule has 1 aliphatic heterocycles. The van der Waals surface area contributed by atoms with Crippen LogP contribution in [-0.4, -0.2) is 43.1 Å². The maximum Gasteiger partial charge on any atom is 0.251 e. The predicted molar refractivity (Wildman–Crippen MR) is 93.3 cm³/mol. The molecule has 0 unspecified atom stereocenters. The third kappa shape index (κ3) is 3.63. The Morgan fingerprint density at radius 2 is 2.25 bits per heavy atom. The van der Waals surface area contributed by atoms with Crippen molar-refractivity contribution in [3.63, 3.8) is 0 Å². The summed E-state index contributed by atoms with van der Waals surface area (Å²) in [5.41, 5.74) is 1.22. The number of furan rings is 1. The van der Waals surface area contributed by atoms with Gasteiger partial charge >= 0.3 is 0 Å². The quantitative estimate of drug-likeness (QED) is 0.870. The zero-order chi connectivity index (χ0) is 17.1. The van der Waals surface area contributed by atoms with Crippen molar-refractivity contribution >= 4 is 29.3 Å². The molecule has 2 aromatic rings. The van der Waals surface area contributed by atoms with E-state index in [0.717, 1.165) is 10.7 Å². The third-order valence-corrected chi connectivity index (χ3v) is 4.90. The van der Waals surface area contributed by atoms with Crippen LogP contribution in [0, 0.1) is 0 Å². The molecule has 1 aliphatic rings. The molecular formula is C17H19N3O3S. The highest BCUT2D eigenvalue weighted by atomic mass is 32.2. The van der Waals surface area contributed by atoms with Crippen LogP contribution in [0.5, 0.6) is 0 Å². The highest BCUT2D eigenvalue weighted by Gasteiger charge is 2.20. The Balaban J connectivity index is 1.68. The number of benzene rings is 1. The normalized spacial score (nSPS) is 14.9. The molecule has 6 nitrogen and oxygen atoms in total. The number of fused-ring (bicyclic) bond motifs is 1. The SMILES string of the molecule is CN(C)[C@@H](CNC(=O)c1ccc2c(c1)NC(=O)CS2)c1ccco1. The first-order valence-electron chi connectivity index (χ1n) is 7.59. The van der Waals surface area contributed by atoms with Crippen molar-refractivity contribution in [3.05, 3.63) is 47.9 Å². The maximum atomic E-state index is 12.4. The van der Waals surface area contributed by atoms with Crippen molar-refractivity contribution in [1.29, 1.82) is 0 Å². The molecule has 126 valence electrons. The first-order chi connectivity index (χ1) is 11.5. The van der Waals surface area contributed by atoms with Gasteiger partial charge in [-0.1, -0.05) is 0 Å². The zero-order valence-corrected chi connectivity index (χ0v) is 14.4. The van der Waals surface area contributed by atoms with Crippen LogP contribution < -0.4 is 10.6 Å². The molecule has 0 radical (unpaired) electrons. The van der Waals surface area contributed by atoms with Gasteiger partial charge in [-0.15, -0.1) is 11.8 Å². The predicted octanol–water partition coefficient (Wildman–Crippen LogP) is 2.36. The molecule has 0 saturated carbocycles. The lowest BCUT2D eigenvalue weighted by Crippen LogP contribution is -2.34. The number of likely N-dealkylation sites (N-methyl/N-ethyl adjacent to an activating group) is 1. The van der Waals surface area contributed by atoms with Gasteiger partial charge in [0.2, 0.25) is 5.91 Å². The number of nitrogens with zero attached hydrogens (tertiary/aromatic N) is 1. The van der Waals surface area contributed by atoms with Crippen molar-refractivity contribution in [2.24, 2.45) is 0 Å². The molecule has 0 spiro atoms. The van der Waals surface area contributed by atoms with Gasteiger partial charge in [0.15, 0.2) is 0 Å². The summed E-state index contributed by atoms with van der Waals surface area (Å²) in [6.07, 6.45) is 1.62. The van der Waals surface area contributed by atoms with Gasteiger partial charge in [-0.3, -0.25) is 14.5 Å². The topological polar surface area (TPSA) is 74.6 Å². The van der Waals surface area contributed by atoms with E-state index in [1.807, 2.05) is 37.2 Å². The van der Waals surface area contributed by atoms with Gasteiger partial charge in [-0.25, -0.2) is 0 Å². The van der Waals surface area contributed by atoms with E-state index in [4.69, 9.17) is 4.42 Å². The Kier molecular flexibility index (Phi) is 4.92. The molecule has 0 bridgehead atoms. The first kappa shape index (κ1) is 16.6. The second kappa shape index (κ2) is 7.11. The number of thioether (sulfide) groups is 1. The molecule has 1 aromatic heterocycles. The fraction of sp³-hybridized carbons (Fsp3) is 0.294. The van der Waals surface area contributed by atoms with E-state index < -0.39 is 0 Å². The summed E-state index contributed by atoms with van der Waals surface area (Å²) < 4.78 is 5.44. The summed E-state index contributed by atoms with van der Waals surface area (Å²) >= 11 is 1.47. The Morgan fingerprint density at radius 1 is 1.42 bits per heavy atom. The second-order valence-electron chi connectivity index (χ2n) is 5.75. The van der Waals surface area contributed by atoms with Crippen molar-refractivity contribution in [2.75, 3.05) is 31.7 Å². The van der Waals surface area contributed by atoms with Gasteiger partial charge in [-0.05, 0) is 44.4 Å². The van der Waals surface area contributed by atoms with Gasteiger partial charge in [0, 0.05) is 17.0 Å². The molecule has 24 heavy (non-hydrogen) atoms. The minimum absolute atomic E-state index is 0.0446. The van der Waals surface area contributed by atoms with Crippen molar-refractivity contribution < 1.29 is 14.0 Å². The number of carbonyl (C=O) groups excluding carboxylic acids is 2. The summed E-state index contributed by atoms with van der Waals surface area (Å²) in [4.78, 5) is 26.9. The van der Waals surface area contributed by atoms with Crippen LogP contribution >= 0.6 is 11.8 Å². The number of rotatable bonds is 5. The number of nitrogens with one attached hydrogen (secondary N) is 2. The smallest absolute Gasteiger partial charge is 0.251 e. The standard InChI is InChI=1S/C17H19N3O3S/c1-20(2)13(14-4-3-7-23-14)9-18-17(22)11-5-6-15-12(8-11)19-16(21)10-24-15/h3-8,13H,9-10H2,1-2H3,(H,18,22)(H,19,21)/t13-/m0/s1. The highest BCUT2D eigenvalue weighted by molar-refractivity contribution is 8.00. The van der Waals surface area contributed by atoms with Crippen LogP contribution in [0.4, 0.5) is 5.69 Å². The molecule has 1 atom stereocenters. The zero-order valence-electron chi connectivity index (χ0n) is 13.5. The number of carbonyl (C=O) groups is 2. The Morgan fingerprint density at radius 3 is 2.96 bits per heavy atom. The summed E-state index contributed by atoms with van der Waals surface area (Å²) in [6, 6.07) is 9.03. The van der Waals surface area contributed by atoms with E-state index >= 15 is 0 Å². The monoisotopic (exact) mass is 345 g/mol. The van der Waals surface area contributed by atoms with E-state index in [-0.39, 0.29) is 17.9 Å². The van der Waals surface area contributed by atoms with Crippen molar-refractivity contribution in [2.45, 2.75) is 10.9 Å². The van der Waals surface area contributed by atoms with Gasteiger partial charge in [0.1, 0.15) is 5.76 Å². The number of anilines is 1. The minimum Gasteiger partial charge on any atom is -0.468 e. The molecule has 7 heteroatoms. The lowest BCUT2D eigenvalue weighted by Gasteiger charge is -2.23.